The number of rotatable bonds is 2. The summed E-state index contributed by atoms with van der Waals surface area (Å²) in [6, 6.07) is 6.84. The van der Waals surface area contributed by atoms with Crippen molar-refractivity contribution in [3.63, 3.8) is 0 Å². The summed E-state index contributed by atoms with van der Waals surface area (Å²) in [4.78, 5) is 3.83. The SMILES string of the molecule is COc1ccc(C(F)(F)F)c(-c2cccnc2)c1. The molecule has 1 aromatic carbocycles. The minimum Gasteiger partial charge on any atom is -0.497 e. The molecule has 0 saturated heterocycles. The molecule has 5 heteroatoms. The second-order valence-electron chi connectivity index (χ2n) is 3.65. The second kappa shape index (κ2) is 4.68. The zero-order chi connectivity index (χ0) is 13.2. The monoisotopic (exact) mass is 253 g/mol. The number of ether oxygens (including phenoxy) is 1. The molecule has 0 atom stereocenters. The van der Waals surface area contributed by atoms with Crippen molar-refractivity contribution in [3.8, 4) is 16.9 Å². The van der Waals surface area contributed by atoms with Crippen LogP contribution in [0.2, 0.25) is 0 Å². The van der Waals surface area contributed by atoms with Crippen LogP contribution in [-0.2, 0) is 6.18 Å². The van der Waals surface area contributed by atoms with Crippen molar-refractivity contribution in [1.29, 1.82) is 0 Å². The standard InChI is InChI=1S/C13H10F3NO/c1-18-10-4-5-12(13(14,15)16)11(7-10)9-3-2-6-17-8-9/h2-8H,1H3. The van der Waals surface area contributed by atoms with Crippen molar-refractivity contribution >= 4 is 0 Å². The minimum absolute atomic E-state index is 0.0648. The molecule has 1 aromatic heterocycles. The number of benzene rings is 1. The lowest BCUT2D eigenvalue weighted by molar-refractivity contribution is -0.137. The number of nitrogens with zero attached hydrogens (tertiary/aromatic N) is 1. The van der Waals surface area contributed by atoms with E-state index in [9.17, 15) is 13.2 Å². The van der Waals surface area contributed by atoms with E-state index in [1.54, 1.807) is 12.1 Å². The Labute approximate surface area is 102 Å². The van der Waals surface area contributed by atoms with Gasteiger partial charge in [-0.15, -0.1) is 0 Å². The number of pyridine rings is 1. The van der Waals surface area contributed by atoms with Crippen LogP contribution >= 0.6 is 0 Å². The van der Waals surface area contributed by atoms with Gasteiger partial charge in [0.2, 0.25) is 0 Å². The molecule has 0 saturated carbocycles. The van der Waals surface area contributed by atoms with E-state index >= 15 is 0 Å². The highest BCUT2D eigenvalue weighted by Crippen LogP contribution is 2.38. The summed E-state index contributed by atoms with van der Waals surface area (Å²) < 4.78 is 43.7. The lowest BCUT2D eigenvalue weighted by Crippen LogP contribution is -2.07. The van der Waals surface area contributed by atoms with Crippen LogP contribution in [0.25, 0.3) is 11.1 Å². The highest BCUT2D eigenvalue weighted by molar-refractivity contribution is 5.69. The largest absolute Gasteiger partial charge is 0.497 e. The van der Waals surface area contributed by atoms with Crippen molar-refractivity contribution in [3.05, 3.63) is 48.3 Å². The lowest BCUT2D eigenvalue weighted by atomic mass is 10.0. The van der Waals surface area contributed by atoms with Gasteiger partial charge in [-0.25, -0.2) is 0 Å². The van der Waals surface area contributed by atoms with Gasteiger partial charge in [0, 0.05) is 18.0 Å². The molecule has 0 N–H and O–H groups in total. The van der Waals surface area contributed by atoms with Crippen LogP contribution in [0.1, 0.15) is 5.56 Å². The van der Waals surface area contributed by atoms with Gasteiger partial charge in [-0.3, -0.25) is 4.98 Å². The summed E-state index contributed by atoms with van der Waals surface area (Å²) in [7, 11) is 1.41. The van der Waals surface area contributed by atoms with Gasteiger partial charge in [-0.2, -0.15) is 13.2 Å². The first-order valence-corrected chi connectivity index (χ1v) is 5.18. The molecule has 2 rings (SSSR count). The van der Waals surface area contributed by atoms with Gasteiger partial charge in [0.1, 0.15) is 5.75 Å². The molecule has 0 spiro atoms. The molecule has 1 heterocycles. The van der Waals surface area contributed by atoms with E-state index in [2.05, 4.69) is 4.98 Å². The molecule has 0 fully saturated rings. The maximum Gasteiger partial charge on any atom is 0.417 e. The molecule has 0 bridgehead atoms. The molecule has 0 aliphatic carbocycles. The quantitative estimate of drug-likeness (QED) is 0.812. The van der Waals surface area contributed by atoms with E-state index in [1.165, 1.54) is 31.6 Å². The zero-order valence-corrected chi connectivity index (χ0v) is 9.53. The average molecular weight is 253 g/mol. The minimum atomic E-state index is -4.41. The highest BCUT2D eigenvalue weighted by atomic mass is 19.4. The number of aromatic nitrogens is 1. The molecule has 2 aromatic rings. The van der Waals surface area contributed by atoms with Crippen molar-refractivity contribution in [2.24, 2.45) is 0 Å². The van der Waals surface area contributed by atoms with Gasteiger partial charge < -0.3 is 4.74 Å². The van der Waals surface area contributed by atoms with Crippen molar-refractivity contribution < 1.29 is 17.9 Å². The van der Waals surface area contributed by atoms with Gasteiger partial charge in [0.25, 0.3) is 0 Å². The summed E-state index contributed by atoms with van der Waals surface area (Å²) >= 11 is 0. The van der Waals surface area contributed by atoms with Crippen LogP contribution in [0.15, 0.2) is 42.7 Å². The fourth-order valence-corrected chi connectivity index (χ4v) is 1.66. The lowest BCUT2D eigenvalue weighted by Gasteiger charge is -2.14. The van der Waals surface area contributed by atoms with Gasteiger partial charge in [0.05, 0.1) is 12.7 Å². The normalized spacial score (nSPS) is 11.3. The second-order valence-corrected chi connectivity index (χ2v) is 3.65. The van der Waals surface area contributed by atoms with E-state index in [1.807, 2.05) is 0 Å². The number of methoxy groups -OCH3 is 1. The zero-order valence-electron chi connectivity index (χ0n) is 9.53. The molecule has 0 aliphatic rings. The Kier molecular flexibility index (Phi) is 3.23. The van der Waals surface area contributed by atoms with E-state index in [4.69, 9.17) is 4.74 Å². The summed E-state index contributed by atoms with van der Waals surface area (Å²) in [5.74, 6) is 0.377. The fraction of sp³-hybridized carbons (Fsp3) is 0.154. The Bertz CT molecular complexity index is 538. The number of alkyl halides is 3. The van der Waals surface area contributed by atoms with Crippen LogP contribution in [-0.4, -0.2) is 12.1 Å². The van der Waals surface area contributed by atoms with Crippen LogP contribution in [0.3, 0.4) is 0 Å². The third-order valence-electron chi connectivity index (χ3n) is 2.50. The van der Waals surface area contributed by atoms with E-state index in [0.29, 0.717) is 11.3 Å². The molecule has 18 heavy (non-hydrogen) atoms. The Balaban J connectivity index is 2.62. The molecule has 0 amide bonds. The first-order chi connectivity index (χ1) is 8.52. The third-order valence-corrected chi connectivity index (χ3v) is 2.50. The fourth-order valence-electron chi connectivity index (χ4n) is 1.66. The summed E-state index contributed by atoms with van der Waals surface area (Å²) in [5, 5.41) is 0. The highest BCUT2D eigenvalue weighted by Gasteiger charge is 2.33. The first kappa shape index (κ1) is 12.4. The smallest absolute Gasteiger partial charge is 0.417 e. The Hall–Kier alpha value is -2.04. The molecule has 0 unspecified atom stereocenters. The first-order valence-electron chi connectivity index (χ1n) is 5.18. The van der Waals surface area contributed by atoms with Gasteiger partial charge in [-0.05, 0) is 29.8 Å². The van der Waals surface area contributed by atoms with Crippen LogP contribution < -0.4 is 4.74 Å². The average Bonchev–Trinajstić information content (AvgIpc) is 2.38. The van der Waals surface area contributed by atoms with Crippen LogP contribution in [0.4, 0.5) is 13.2 Å². The Morgan fingerprint density at radius 3 is 2.50 bits per heavy atom. The molecule has 94 valence electrons. The maximum absolute atomic E-state index is 12.9. The number of hydrogen-bond donors (Lipinski definition) is 0. The van der Waals surface area contributed by atoms with E-state index in [0.717, 1.165) is 6.07 Å². The van der Waals surface area contributed by atoms with Crippen molar-refractivity contribution in [1.82, 2.24) is 4.98 Å². The predicted molar refractivity (Wildman–Crippen MR) is 61.2 cm³/mol. The number of hydrogen-bond acceptors (Lipinski definition) is 2. The van der Waals surface area contributed by atoms with E-state index in [-0.39, 0.29) is 5.56 Å². The van der Waals surface area contributed by atoms with Crippen molar-refractivity contribution in [2.45, 2.75) is 6.18 Å². The molecule has 0 aliphatic heterocycles. The summed E-state index contributed by atoms with van der Waals surface area (Å²) in [6.07, 6.45) is -1.50. The van der Waals surface area contributed by atoms with Crippen molar-refractivity contribution in [2.75, 3.05) is 7.11 Å². The van der Waals surface area contributed by atoms with Crippen LogP contribution in [0, 0.1) is 0 Å². The summed E-state index contributed by atoms with van der Waals surface area (Å²) in [6.45, 7) is 0. The topological polar surface area (TPSA) is 22.1 Å². The maximum atomic E-state index is 12.9. The molecular weight excluding hydrogens is 243 g/mol. The molecule has 2 nitrogen and oxygen atoms in total. The van der Waals surface area contributed by atoms with Gasteiger partial charge in [0.15, 0.2) is 0 Å². The molecule has 0 radical (unpaired) electrons. The predicted octanol–water partition coefficient (Wildman–Crippen LogP) is 3.78. The van der Waals surface area contributed by atoms with E-state index < -0.39 is 11.7 Å². The van der Waals surface area contributed by atoms with Gasteiger partial charge in [-0.1, -0.05) is 6.07 Å². The third kappa shape index (κ3) is 2.45. The summed E-state index contributed by atoms with van der Waals surface area (Å²) in [5.41, 5.74) is -0.227. The van der Waals surface area contributed by atoms with Gasteiger partial charge >= 0.3 is 6.18 Å². The Morgan fingerprint density at radius 2 is 1.94 bits per heavy atom. The number of halogens is 3. The van der Waals surface area contributed by atoms with Crippen LogP contribution in [0.5, 0.6) is 5.75 Å². The molecular formula is C13H10F3NO. The Morgan fingerprint density at radius 1 is 1.17 bits per heavy atom.